The summed E-state index contributed by atoms with van der Waals surface area (Å²) in [5.74, 6) is -1.17. The maximum atomic E-state index is 12.6. The van der Waals surface area contributed by atoms with Crippen LogP contribution in [0.5, 0.6) is 0 Å². The summed E-state index contributed by atoms with van der Waals surface area (Å²) in [5, 5.41) is 12.1. The lowest BCUT2D eigenvalue weighted by atomic mass is 9.72. The van der Waals surface area contributed by atoms with Gasteiger partial charge in [0, 0.05) is 29.6 Å². The van der Waals surface area contributed by atoms with E-state index in [1.807, 2.05) is 47.9 Å². The first-order valence-electron chi connectivity index (χ1n) is 12.9. The maximum absolute atomic E-state index is 12.6. The summed E-state index contributed by atoms with van der Waals surface area (Å²) in [5.41, 5.74) is 4.64. The molecule has 3 nitrogen and oxygen atoms in total. The Morgan fingerprint density at radius 3 is 1.82 bits per heavy atom. The Balaban J connectivity index is 1.73. The van der Waals surface area contributed by atoms with E-state index < -0.39 is 5.97 Å². The second-order valence-corrected chi connectivity index (χ2v) is 11.5. The summed E-state index contributed by atoms with van der Waals surface area (Å²) in [7, 11) is 0. The second kappa shape index (κ2) is 12.7. The minimum Gasteiger partial charge on any atom is -0.478 e. The molecule has 0 heterocycles. The lowest BCUT2D eigenvalue weighted by molar-refractivity contribution is -0.133. The molecule has 0 aliphatic rings. The number of nitrogens with zero attached hydrogens (tertiary/aromatic N) is 1. The van der Waals surface area contributed by atoms with Crippen LogP contribution in [0.25, 0.3) is 0 Å². The fourth-order valence-electron chi connectivity index (χ4n) is 4.77. The average molecular weight is 522 g/mol. The molecule has 0 amide bonds. The Morgan fingerprint density at radius 2 is 1.32 bits per heavy atom. The van der Waals surface area contributed by atoms with E-state index in [-0.39, 0.29) is 11.3 Å². The molecule has 0 aromatic heterocycles. The first-order valence-corrected chi connectivity index (χ1v) is 13.8. The van der Waals surface area contributed by atoms with E-state index in [1.165, 1.54) is 22.9 Å². The lowest BCUT2D eigenvalue weighted by Gasteiger charge is -2.33. The predicted octanol–water partition coefficient (Wildman–Crippen LogP) is 8.78. The van der Waals surface area contributed by atoms with Gasteiger partial charge in [0.1, 0.15) is 0 Å². The zero-order valence-electron chi connectivity index (χ0n) is 22.2. The van der Waals surface area contributed by atoms with E-state index >= 15 is 0 Å². The number of carbonyl (C=O) groups is 1. The smallest absolute Gasteiger partial charge is 0.332 e. The third kappa shape index (κ3) is 7.39. The number of thioether (sulfide) groups is 1. The number of anilines is 1. The molecule has 1 N–H and O–H groups in total. The Labute approximate surface area is 230 Å². The van der Waals surface area contributed by atoms with Gasteiger partial charge in [0.15, 0.2) is 0 Å². The molecule has 4 aromatic rings. The van der Waals surface area contributed by atoms with Crippen molar-refractivity contribution in [2.45, 2.75) is 44.7 Å². The van der Waals surface area contributed by atoms with Crippen molar-refractivity contribution in [1.82, 2.24) is 0 Å². The number of hydrogen-bond donors (Lipinski definition) is 1. The number of carboxylic acid groups (broad SMARTS) is 1. The van der Waals surface area contributed by atoms with Crippen molar-refractivity contribution in [3.63, 3.8) is 0 Å². The monoisotopic (exact) mass is 521 g/mol. The van der Waals surface area contributed by atoms with Gasteiger partial charge < -0.3 is 10.0 Å². The SMILES string of the molecule is CC(C)(C)[C@H](C(=CSc1ccccc1)C(=O)O)c1cccc(N(Cc2ccccc2)Cc2ccccc2)c1. The first-order chi connectivity index (χ1) is 18.3. The zero-order valence-corrected chi connectivity index (χ0v) is 23.1. The molecule has 0 saturated heterocycles. The van der Waals surface area contributed by atoms with Crippen LogP contribution in [-0.4, -0.2) is 11.1 Å². The summed E-state index contributed by atoms with van der Waals surface area (Å²) in [6.45, 7) is 7.84. The molecule has 4 rings (SSSR count). The fourth-order valence-corrected chi connectivity index (χ4v) is 5.58. The number of hydrogen-bond acceptors (Lipinski definition) is 3. The topological polar surface area (TPSA) is 40.5 Å². The van der Waals surface area contributed by atoms with Gasteiger partial charge in [-0.3, -0.25) is 0 Å². The van der Waals surface area contributed by atoms with Gasteiger partial charge in [0.25, 0.3) is 0 Å². The average Bonchev–Trinajstić information content (AvgIpc) is 2.91. The summed E-state index contributed by atoms with van der Waals surface area (Å²) in [6, 6.07) is 39.2. The van der Waals surface area contributed by atoms with Crippen molar-refractivity contribution < 1.29 is 9.90 Å². The van der Waals surface area contributed by atoms with Crippen LogP contribution in [-0.2, 0) is 17.9 Å². The quantitative estimate of drug-likeness (QED) is 0.167. The van der Waals surface area contributed by atoms with Gasteiger partial charge in [0.2, 0.25) is 0 Å². The summed E-state index contributed by atoms with van der Waals surface area (Å²) >= 11 is 1.46. The predicted molar refractivity (Wildman–Crippen MR) is 159 cm³/mol. The normalized spacial score (nSPS) is 12.7. The molecular formula is C34H35NO2S. The highest BCUT2D eigenvalue weighted by molar-refractivity contribution is 8.02. The summed E-state index contributed by atoms with van der Waals surface area (Å²) in [6.07, 6.45) is 0. The Kier molecular flexibility index (Phi) is 9.09. The van der Waals surface area contributed by atoms with Gasteiger partial charge >= 0.3 is 5.97 Å². The molecule has 38 heavy (non-hydrogen) atoms. The van der Waals surface area contributed by atoms with Gasteiger partial charge in [-0.2, -0.15) is 0 Å². The van der Waals surface area contributed by atoms with Crippen LogP contribution in [0.1, 0.15) is 43.4 Å². The highest BCUT2D eigenvalue weighted by Crippen LogP contribution is 2.43. The third-order valence-electron chi connectivity index (χ3n) is 6.49. The Morgan fingerprint density at radius 1 is 0.789 bits per heavy atom. The van der Waals surface area contributed by atoms with Crippen LogP contribution in [0.3, 0.4) is 0 Å². The number of benzene rings is 4. The van der Waals surface area contributed by atoms with Crippen molar-refractivity contribution in [3.8, 4) is 0 Å². The first kappa shape index (κ1) is 27.3. The Bertz CT molecular complexity index is 1300. The van der Waals surface area contributed by atoms with E-state index in [0.29, 0.717) is 5.57 Å². The lowest BCUT2D eigenvalue weighted by Crippen LogP contribution is -2.26. The summed E-state index contributed by atoms with van der Waals surface area (Å²) in [4.78, 5) is 16.0. The van der Waals surface area contributed by atoms with Crippen LogP contribution in [0.15, 0.2) is 131 Å². The van der Waals surface area contributed by atoms with Crippen molar-refractivity contribution in [3.05, 3.63) is 143 Å². The van der Waals surface area contributed by atoms with Crippen LogP contribution in [0.2, 0.25) is 0 Å². The standard InChI is InChI=1S/C34H35NO2S/c1-34(2,3)32(31(33(36)37)25-38-30-20-11-6-12-21-30)28-18-13-19-29(22-28)35(23-26-14-7-4-8-15-26)24-27-16-9-5-10-17-27/h4-22,25,32H,23-24H2,1-3H3,(H,36,37)/t32-/m0/s1. The highest BCUT2D eigenvalue weighted by Gasteiger charge is 2.33. The molecule has 1 atom stereocenters. The number of rotatable bonds is 10. The molecule has 0 spiro atoms. The molecule has 0 aliphatic carbocycles. The molecule has 0 unspecified atom stereocenters. The number of carboxylic acids is 1. The minimum absolute atomic E-state index is 0.286. The number of aliphatic carboxylic acids is 1. The molecule has 4 aromatic carbocycles. The van der Waals surface area contributed by atoms with E-state index in [9.17, 15) is 9.90 Å². The molecule has 0 bridgehead atoms. The van der Waals surface area contributed by atoms with Crippen molar-refractivity contribution in [2.75, 3.05) is 4.90 Å². The van der Waals surface area contributed by atoms with Crippen molar-refractivity contribution >= 4 is 23.4 Å². The van der Waals surface area contributed by atoms with E-state index in [1.54, 1.807) is 0 Å². The van der Waals surface area contributed by atoms with Crippen LogP contribution in [0, 0.1) is 5.41 Å². The minimum atomic E-state index is -0.885. The molecule has 194 valence electrons. The van der Waals surface area contributed by atoms with Gasteiger partial charge in [-0.1, -0.05) is 124 Å². The molecule has 0 radical (unpaired) electrons. The van der Waals surface area contributed by atoms with Gasteiger partial charge in [-0.25, -0.2) is 4.79 Å². The summed E-state index contributed by atoms with van der Waals surface area (Å²) < 4.78 is 0. The zero-order chi connectivity index (χ0) is 27.0. The fraction of sp³-hybridized carbons (Fsp3) is 0.206. The largest absolute Gasteiger partial charge is 0.478 e. The van der Waals surface area contributed by atoms with Crippen LogP contribution < -0.4 is 4.90 Å². The second-order valence-electron chi connectivity index (χ2n) is 10.5. The van der Waals surface area contributed by atoms with Gasteiger partial charge in [-0.05, 0) is 51.8 Å². The van der Waals surface area contributed by atoms with Crippen LogP contribution in [0.4, 0.5) is 5.69 Å². The Hall–Kier alpha value is -3.76. The molecular weight excluding hydrogens is 486 g/mol. The van der Waals surface area contributed by atoms with E-state index in [2.05, 4.69) is 98.5 Å². The van der Waals surface area contributed by atoms with Crippen molar-refractivity contribution in [1.29, 1.82) is 0 Å². The molecule has 4 heteroatoms. The van der Waals surface area contributed by atoms with E-state index in [0.717, 1.165) is 29.2 Å². The molecule has 0 saturated carbocycles. The van der Waals surface area contributed by atoms with Crippen molar-refractivity contribution in [2.24, 2.45) is 5.41 Å². The highest BCUT2D eigenvalue weighted by atomic mass is 32.2. The van der Waals surface area contributed by atoms with Gasteiger partial charge in [-0.15, -0.1) is 0 Å². The van der Waals surface area contributed by atoms with Crippen LogP contribution >= 0.6 is 11.8 Å². The van der Waals surface area contributed by atoms with E-state index in [4.69, 9.17) is 0 Å². The maximum Gasteiger partial charge on any atom is 0.332 e. The molecule has 0 aliphatic heterocycles. The van der Waals surface area contributed by atoms with Gasteiger partial charge in [0.05, 0.1) is 5.57 Å². The molecule has 0 fully saturated rings. The third-order valence-corrected chi connectivity index (χ3v) is 7.41.